The van der Waals surface area contributed by atoms with Crippen LogP contribution in [0.4, 0.5) is 0 Å². The second-order valence-corrected chi connectivity index (χ2v) is 5.72. The van der Waals surface area contributed by atoms with Crippen LogP contribution >= 0.6 is 11.3 Å². The molecule has 14 heavy (non-hydrogen) atoms. The van der Waals surface area contributed by atoms with Crippen LogP contribution in [-0.4, -0.2) is 11.0 Å². The van der Waals surface area contributed by atoms with Crippen molar-refractivity contribution < 1.29 is 0 Å². The minimum absolute atomic E-state index is 0.809. The molecule has 76 valence electrons. The minimum atomic E-state index is 0.809. The van der Waals surface area contributed by atoms with Crippen LogP contribution in [0.3, 0.4) is 0 Å². The summed E-state index contributed by atoms with van der Waals surface area (Å²) >= 11 is 1.90. The molecule has 2 fully saturated rings. The van der Waals surface area contributed by atoms with E-state index in [1.807, 2.05) is 11.3 Å². The van der Waals surface area contributed by atoms with Crippen molar-refractivity contribution in [2.45, 2.75) is 44.7 Å². The van der Waals surface area contributed by atoms with E-state index in [0.29, 0.717) is 0 Å². The summed E-state index contributed by atoms with van der Waals surface area (Å²) < 4.78 is 0. The molecule has 1 heterocycles. The molecule has 0 aromatic carbocycles. The largest absolute Gasteiger partial charge is 0.309 e. The molecule has 1 aromatic rings. The maximum absolute atomic E-state index is 4.47. The van der Waals surface area contributed by atoms with E-state index in [9.17, 15) is 0 Å². The third-order valence-electron chi connectivity index (χ3n) is 2.90. The van der Waals surface area contributed by atoms with Crippen LogP contribution in [0.1, 0.15) is 35.6 Å². The number of hydrogen-bond acceptors (Lipinski definition) is 3. The van der Waals surface area contributed by atoms with Gasteiger partial charge in [0.05, 0.1) is 5.01 Å². The van der Waals surface area contributed by atoms with Gasteiger partial charge in [-0.3, -0.25) is 0 Å². The van der Waals surface area contributed by atoms with Crippen molar-refractivity contribution in [1.82, 2.24) is 10.3 Å². The van der Waals surface area contributed by atoms with Gasteiger partial charge in [-0.2, -0.15) is 0 Å². The average molecular weight is 208 g/mol. The molecule has 0 bridgehead atoms. The number of rotatable bonds is 5. The normalized spacial score (nSPS) is 21.4. The predicted molar refractivity (Wildman–Crippen MR) is 58.4 cm³/mol. The summed E-state index contributed by atoms with van der Waals surface area (Å²) in [4.78, 5) is 5.88. The Bertz CT molecular complexity index is 313. The lowest BCUT2D eigenvalue weighted by Gasteiger charge is -1.97. The summed E-state index contributed by atoms with van der Waals surface area (Å²) in [6.45, 7) is 1.03. The molecule has 2 saturated carbocycles. The van der Waals surface area contributed by atoms with Crippen molar-refractivity contribution in [3.8, 4) is 0 Å². The Morgan fingerprint density at radius 3 is 2.93 bits per heavy atom. The molecule has 0 amide bonds. The maximum atomic E-state index is 4.47. The molecule has 0 saturated heterocycles. The summed E-state index contributed by atoms with van der Waals surface area (Å²) in [5.41, 5.74) is 0. The van der Waals surface area contributed by atoms with E-state index in [0.717, 1.165) is 18.5 Å². The van der Waals surface area contributed by atoms with Crippen molar-refractivity contribution >= 4 is 11.3 Å². The minimum Gasteiger partial charge on any atom is -0.309 e. The van der Waals surface area contributed by atoms with Gasteiger partial charge < -0.3 is 5.32 Å². The van der Waals surface area contributed by atoms with Gasteiger partial charge >= 0.3 is 0 Å². The fourth-order valence-corrected chi connectivity index (χ4v) is 2.61. The van der Waals surface area contributed by atoms with Crippen molar-refractivity contribution in [1.29, 1.82) is 0 Å². The van der Waals surface area contributed by atoms with Crippen LogP contribution in [0.15, 0.2) is 6.20 Å². The van der Waals surface area contributed by atoms with E-state index in [1.54, 1.807) is 0 Å². The SMILES string of the molecule is c1nc(CC2CC2)sc1CNC1CC1. The van der Waals surface area contributed by atoms with Crippen molar-refractivity contribution in [3.63, 3.8) is 0 Å². The van der Waals surface area contributed by atoms with Gasteiger partial charge in [0.1, 0.15) is 0 Å². The summed E-state index contributed by atoms with van der Waals surface area (Å²) in [6.07, 6.45) is 8.87. The molecule has 0 unspecified atom stereocenters. The number of aromatic nitrogens is 1. The molecule has 3 rings (SSSR count). The molecule has 3 heteroatoms. The number of nitrogens with one attached hydrogen (secondary N) is 1. The highest BCUT2D eigenvalue weighted by Crippen LogP contribution is 2.33. The topological polar surface area (TPSA) is 24.9 Å². The molecule has 1 N–H and O–H groups in total. The first-order valence-corrected chi connectivity index (χ1v) is 6.39. The van der Waals surface area contributed by atoms with Gasteiger partial charge in [0.25, 0.3) is 0 Å². The smallest absolute Gasteiger partial charge is 0.0930 e. The summed E-state index contributed by atoms with van der Waals surface area (Å²) in [7, 11) is 0. The van der Waals surface area contributed by atoms with E-state index in [4.69, 9.17) is 0 Å². The molecule has 0 aliphatic heterocycles. The van der Waals surface area contributed by atoms with Crippen LogP contribution in [-0.2, 0) is 13.0 Å². The molecule has 2 aliphatic rings. The van der Waals surface area contributed by atoms with Crippen molar-refractivity contribution in [2.75, 3.05) is 0 Å². The van der Waals surface area contributed by atoms with Gasteiger partial charge in [0.2, 0.25) is 0 Å². The molecular weight excluding hydrogens is 192 g/mol. The first kappa shape index (κ1) is 8.86. The first-order valence-electron chi connectivity index (χ1n) is 5.57. The Hall–Kier alpha value is -0.410. The molecule has 1 aromatic heterocycles. The van der Waals surface area contributed by atoms with E-state index in [1.165, 1.54) is 42.0 Å². The quantitative estimate of drug-likeness (QED) is 0.803. The van der Waals surface area contributed by atoms with Crippen LogP contribution in [0.5, 0.6) is 0 Å². The highest BCUT2D eigenvalue weighted by molar-refractivity contribution is 7.11. The Morgan fingerprint density at radius 1 is 1.36 bits per heavy atom. The lowest BCUT2D eigenvalue weighted by molar-refractivity contribution is 0.694. The van der Waals surface area contributed by atoms with Crippen LogP contribution in [0.2, 0.25) is 0 Å². The van der Waals surface area contributed by atoms with Gasteiger partial charge in [-0.05, 0) is 31.6 Å². The van der Waals surface area contributed by atoms with E-state index in [2.05, 4.69) is 16.5 Å². The molecule has 2 aliphatic carbocycles. The lowest BCUT2D eigenvalue weighted by Crippen LogP contribution is -2.14. The average Bonchev–Trinajstić information content (AvgIpc) is 3.06. The van der Waals surface area contributed by atoms with Gasteiger partial charge in [-0.15, -0.1) is 11.3 Å². The fourth-order valence-electron chi connectivity index (χ4n) is 1.63. The lowest BCUT2D eigenvalue weighted by atomic mass is 10.3. The van der Waals surface area contributed by atoms with Gasteiger partial charge in [-0.1, -0.05) is 0 Å². The maximum Gasteiger partial charge on any atom is 0.0930 e. The van der Waals surface area contributed by atoms with E-state index >= 15 is 0 Å². The van der Waals surface area contributed by atoms with E-state index < -0.39 is 0 Å². The first-order chi connectivity index (χ1) is 6.90. The summed E-state index contributed by atoms with van der Waals surface area (Å²) in [5.74, 6) is 0.963. The summed E-state index contributed by atoms with van der Waals surface area (Å²) in [5, 5.41) is 4.87. The molecule has 0 atom stereocenters. The van der Waals surface area contributed by atoms with Gasteiger partial charge in [-0.25, -0.2) is 4.98 Å². The zero-order valence-corrected chi connectivity index (χ0v) is 9.15. The number of hydrogen-bond donors (Lipinski definition) is 1. The van der Waals surface area contributed by atoms with Gasteiger partial charge in [0.15, 0.2) is 0 Å². The molecule has 0 radical (unpaired) electrons. The summed E-state index contributed by atoms with van der Waals surface area (Å²) in [6, 6.07) is 0.809. The molecular formula is C11H16N2S. The third kappa shape index (κ3) is 2.34. The second kappa shape index (κ2) is 3.63. The van der Waals surface area contributed by atoms with Crippen LogP contribution < -0.4 is 5.32 Å². The van der Waals surface area contributed by atoms with Gasteiger partial charge in [0, 0.05) is 30.1 Å². The van der Waals surface area contributed by atoms with Crippen molar-refractivity contribution in [2.24, 2.45) is 5.92 Å². The third-order valence-corrected chi connectivity index (χ3v) is 3.92. The Labute approximate surface area is 88.7 Å². The molecule has 0 spiro atoms. The highest BCUT2D eigenvalue weighted by atomic mass is 32.1. The monoisotopic (exact) mass is 208 g/mol. The Kier molecular flexibility index (Phi) is 2.30. The van der Waals surface area contributed by atoms with E-state index in [-0.39, 0.29) is 0 Å². The molecule has 2 nitrogen and oxygen atoms in total. The van der Waals surface area contributed by atoms with Crippen molar-refractivity contribution in [3.05, 3.63) is 16.1 Å². The Morgan fingerprint density at radius 2 is 2.21 bits per heavy atom. The zero-order valence-electron chi connectivity index (χ0n) is 8.33. The Balaban J connectivity index is 1.52. The fraction of sp³-hybridized carbons (Fsp3) is 0.727. The predicted octanol–water partition coefficient (Wildman–Crippen LogP) is 2.35. The van der Waals surface area contributed by atoms with Crippen LogP contribution in [0, 0.1) is 5.92 Å². The second-order valence-electron chi connectivity index (χ2n) is 4.52. The standard InChI is InChI=1S/C11H16N2S/c1-2-8(1)5-11-13-7-10(14-11)6-12-9-3-4-9/h7-9,12H,1-6H2. The number of nitrogens with zero attached hydrogens (tertiary/aromatic N) is 1. The zero-order chi connectivity index (χ0) is 9.38. The number of thiazole rings is 1. The highest BCUT2D eigenvalue weighted by Gasteiger charge is 2.23. The van der Waals surface area contributed by atoms with Crippen LogP contribution in [0.25, 0.3) is 0 Å².